The number of carbonyl (C=O) groups excluding carboxylic acids is 4. The Bertz CT molecular complexity index is 993. The number of nitrogens with zero attached hydrogens (tertiary/aromatic N) is 1. The Morgan fingerprint density at radius 1 is 1.10 bits per heavy atom. The van der Waals surface area contributed by atoms with Crippen molar-refractivity contribution in [3.05, 3.63) is 64.7 Å². The lowest BCUT2D eigenvalue weighted by molar-refractivity contribution is -0.157. The lowest BCUT2D eigenvalue weighted by Crippen LogP contribution is -2.47. The normalized spacial score (nSPS) is 14.7. The zero-order valence-corrected chi connectivity index (χ0v) is 18.5. The average molecular weight is 461 g/mol. The number of fused-ring (bicyclic) bond motifs is 1. The van der Waals surface area contributed by atoms with Crippen LogP contribution in [0.25, 0.3) is 0 Å². The van der Waals surface area contributed by atoms with Crippen molar-refractivity contribution in [2.24, 2.45) is 0 Å². The van der Waals surface area contributed by atoms with Gasteiger partial charge in [-0.15, -0.1) is 0 Å². The number of hydrogen-bond donors (Lipinski definition) is 1. The molecule has 2 atom stereocenters. The molecular weight excluding hydrogens is 440 g/mol. The van der Waals surface area contributed by atoms with Gasteiger partial charge < -0.3 is 10.1 Å². The first-order chi connectivity index (χ1) is 14.8. The van der Waals surface area contributed by atoms with Gasteiger partial charge in [0.05, 0.1) is 11.1 Å². The first-order valence-corrected chi connectivity index (χ1v) is 11.3. The van der Waals surface area contributed by atoms with Crippen LogP contribution in [0.4, 0.5) is 5.69 Å². The summed E-state index contributed by atoms with van der Waals surface area (Å²) >= 11 is 7.38. The summed E-state index contributed by atoms with van der Waals surface area (Å²) in [4.78, 5) is 51.9. The predicted molar refractivity (Wildman–Crippen MR) is 119 cm³/mol. The van der Waals surface area contributed by atoms with Gasteiger partial charge in [-0.1, -0.05) is 29.8 Å². The molecule has 3 amide bonds. The van der Waals surface area contributed by atoms with Crippen LogP contribution < -0.4 is 5.32 Å². The van der Waals surface area contributed by atoms with Crippen molar-refractivity contribution in [1.29, 1.82) is 0 Å². The molecule has 2 aromatic carbocycles. The number of nitrogens with one attached hydrogen (secondary N) is 1. The lowest BCUT2D eigenvalue weighted by atomic mass is 10.1. The van der Waals surface area contributed by atoms with Crippen molar-refractivity contribution in [1.82, 2.24) is 4.90 Å². The third kappa shape index (κ3) is 5.08. The van der Waals surface area contributed by atoms with Gasteiger partial charge in [-0.25, -0.2) is 4.79 Å². The van der Waals surface area contributed by atoms with Crippen molar-refractivity contribution in [3.8, 4) is 0 Å². The first-order valence-electron chi connectivity index (χ1n) is 9.56. The van der Waals surface area contributed by atoms with Crippen molar-refractivity contribution in [3.63, 3.8) is 0 Å². The van der Waals surface area contributed by atoms with E-state index in [1.54, 1.807) is 48.5 Å². The zero-order valence-electron chi connectivity index (χ0n) is 17.0. The van der Waals surface area contributed by atoms with Crippen LogP contribution >= 0.6 is 23.4 Å². The monoisotopic (exact) mass is 460 g/mol. The molecule has 0 spiro atoms. The van der Waals surface area contributed by atoms with Gasteiger partial charge in [-0.3, -0.25) is 19.3 Å². The molecule has 0 aromatic heterocycles. The topological polar surface area (TPSA) is 92.8 Å². The van der Waals surface area contributed by atoms with Gasteiger partial charge in [0.15, 0.2) is 6.10 Å². The number of esters is 1. The molecule has 1 aliphatic rings. The van der Waals surface area contributed by atoms with Crippen LogP contribution in [0.3, 0.4) is 0 Å². The highest BCUT2D eigenvalue weighted by atomic mass is 35.5. The fraction of sp³-hybridized carbons (Fsp3) is 0.273. The van der Waals surface area contributed by atoms with E-state index in [2.05, 4.69) is 5.32 Å². The number of halogens is 1. The van der Waals surface area contributed by atoms with Crippen LogP contribution in [0.15, 0.2) is 48.5 Å². The number of carbonyl (C=O) groups is 4. The number of ether oxygens (including phenoxy) is 1. The Kier molecular flexibility index (Phi) is 7.35. The summed E-state index contributed by atoms with van der Waals surface area (Å²) in [5.41, 5.74) is 0.960. The Hall–Kier alpha value is -2.84. The van der Waals surface area contributed by atoms with E-state index in [0.29, 0.717) is 16.5 Å². The van der Waals surface area contributed by atoms with Crippen molar-refractivity contribution in [2.45, 2.75) is 25.5 Å². The molecule has 9 heteroatoms. The van der Waals surface area contributed by atoms with E-state index < -0.39 is 35.8 Å². The summed E-state index contributed by atoms with van der Waals surface area (Å²) in [6, 6.07) is 11.8. The molecule has 162 valence electrons. The summed E-state index contributed by atoms with van der Waals surface area (Å²) in [5.74, 6) is -1.92. The second kappa shape index (κ2) is 9.98. The predicted octanol–water partition coefficient (Wildman–Crippen LogP) is 3.63. The number of hydrogen-bond acceptors (Lipinski definition) is 6. The number of anilines is 1. The maximum absolute atomic E-state index is 12.9. The summed E-state index contributed by atoms with van der Waals surface area (Å²) in [6.07, 6.45) is 0.929. The van der Waals surface area contributed by atoms with Crippen LogP contribution in [0.1, 0.15) is 34.1 Å². The molecule has 0 saturated heterocycles. The van der Waals surface area contributed by atoms with E-state index in [-0.39, 0.29) is 17.5 Å². The lowest BCUT2D eigenvalue weighted by Gasteiger charge is -2.25. The Morgan fingerprint density at radius 2 is 1.74 bits per heavy atom. The summed E-state index contributed by atoms with van der Waals surface area (Å²) in [5, 5.41) is 3.07. The van der Waals surface area contributed by atoms with Crippen LogP contribution in [0, 0.1) is 0 Å². The average Bonchev–Trinajstić information content (AvgIpc) is 2.99. The second-order valence-corrected chi connectivity index (χ2v) is 8.32. The molecule has 2 aromatic rings. The van der Waals surface area contributed by atoms with Crippen LogP contribution in [0.2, 0.25) is 5.02 Å². The van der Waals surface area contributed by atoms with Gasteiger partial charge in [-0.05, 0) is 55.7 Å². The molecule has 2 unspecified atom stereocenters. The van der Waals surface area contributed by atoms with Gasteiger partial charge in [0.25, 0.3) is 17.7 Å². The number of thioether (sulfide) groups is 1. The van der Waals surface area contributed by atoms with Gasteiger partial charge in [-0.2, -0.15) is 11.8 Å². The molecule has 0 aliphatic carbocycles. The number of amides is 3. The highest BCUT2D eigenvalue weighted by Gasteiger charge is 2.43. The highest BCUT2D eigenvalue weighted by Crippen LogP contribution is 2.27. The quantitative estimate of drug-likeness (QED) is 0.477. The number of rotatable bonds is 8. The summed E-state index contributed by atoms with van der Waals surface area (Å²) in [6.45, 7) is 1.42. The SMILES string of the molecule is CSCCC(C(=O)OC(C)C(=O)Nc1cccc(Cl)c1)N1C(=O)c2ccccc2C1=O. The zero-order chi connectivity index (χ0) is 22.5. The van der Waals surface area contributed by atoms with Crippen LogP contribution in [-0.4, -0.2) is 52.7 Å². The van der Waals surface area contributed by atoms with Gasteiger partial charge >= 0.3 is 5.97 Å². The van der Waals surface area contributed by atoms with Gasteiger partial charge in [0.1, 0.15) is 6.04 Å². The van der Waals surface area contributed by atoms with E-state index in [4.69, 9.17) is 16.3 Å². The molecule has 0 radical (unpaired) electrons. The highest BCUT2D eigenvalue weighted by molar-refractivity contribution is 7.98. The van der Waals surface area contributed by atoms with Crippen molar-refractivity contribution in [2.75, 3.05) is 17.3 Å². The summed E-state index contributed by atoms with van der Waals surface area (Å²) < 4.78 is 5.34. The smallest absolute Gasteiger partial charge is 0.330 e. The third-order valence-corrected chi connectivity index (χ3v) is 5.64. The number of imide groups is 1. The fourth-order valence-electron chi connectivity index (χ4n) is 3.19. The third-order valence-electron chi connectivity index (χ3n) is 4.76. The Labute approximate surface area is 189 Å². The summed E-state index contributed by atoms with van der Waals surface area (Å²) in [7, 11) is 0. The minimum atomic E-state index is -1.14. The Balaban J connectivity index is 1.73. The molecule has 7 nitrogen and oxygen atoms in total. The number of benzene rings is 2. The maximum Gasteiger partial charge on any atom is 0.330 e. The first kappa shape index (κ1) is 22.8. The second-order valence-electron chi connectivity index (χ2n) is 6.90. The van der Waals surface area contributed by atoms with Gasteiger partial charge in [0.2, 0.25) is 0 Å². The molecule has 0 bridgehead atoms. The van der Waals surface area contributed by atoms with E-state index >= 15 is 0 Å². The largest absolute Gasteiger partial charge is 0.451 e. The van der Waals surface area contributed by atoms with E-state index in [9.17, 15) is 19.2 Å². The molecule has 1 heterocycles. The van der Waals surface area contributed by atoms with E-state index in [1.807, 2.05) is 6.26 Å². The fourth-order valence-corrected chi connectivity index (χ4v) is 3.84. The minimum Gasteiger partial charge on any atom is -0.451 e. The molecular formula is C22H21ClN2O5S. The van der Waals surface area contributed by atoms with E-state index in [1.165, 1.54) is 18.7 Å². The maximum atomic E-state index is 12.9. The molecule has 0 saturated carbocycles. The van der Waals surface area contributed by atoms with Crippen LogP contribution in [0.5, 0.6) is 0 Å². The molecule has 31 heavy (non-hydrogen) atoms. The standard InChI is InChI=1S/C22H21ClN2O5S/c1-13(19(26)24-15-7-5-6-14(23)12-15)30-22(29)18(10-11-31-2)25-20(27)16-8-3-4-9-17(16)21(25)28/h3-9,12-13,18H,10-11H2,1-2H3,(H,24,26). The van der Waals surface area contributed by atoms with E-state index in [0.717, 1.165) is 4.90 Å². The molecule has 1 aliphatic heterocycles. The molecule has 1 N–H and O–H groups in total. The van der Waals surface area contributed by atoms with Crippen LogP contribution in [-0.2, 0) is 14.3 Å². The Morgan fingerprint density at radius 3 is 2.32 bits per heavy atom. The molecule has 0 fully saturated rings. The van der Waals surface area contributed by atoms with Gasteiger partial charge in [0, 0.05) is 10.7 Å². The molecule has 3 rings (SSSR count). The van der Waals surface area contributed by atoms with Crippen molar-refractivity contribution >= 4 is 52.7 Å². The minimum absolute atomic E-state index is 0.216. The van der Waals surface area contributed by atoms with Crippen molar-refractivity contribution < 1.29 is 23.9 Å².